The maximum Gasteiger partial charge on any atom is 0.241 e. The fourth-order valence-electron chi connectivity index (χ4n) is 2.55. The van der Waals surface area contributed by atoms with E-state index in [-0.39, 0.29) is 36.7 Å². The summed E-state index contributed by atoms with van der Waals surface area (Å²) in [6.45, 7) is 2.61. The Hall–Kier alpha value is -2.48. The molecule has 2 rings (SSSR count). The van der Waals surface area contributed by atoms with Gasteiger partial charge in [0.25, 0.3) is 0 Å². The van der Waals surface area contributed by atoms with E-state index in [0.29, 0.717) is 18.9 Å². The molecule has 1 fully saturated rings. The number of nitrogens with zero attached hydrogens (tertiary/aromatic N) is 2. The number of pyridine rings is 1. The van der Waals surface area contributed by atoms with Crippen LogP contribution in [0.4, 0.5) is 5.82 Å². The van der Waals surface area contributed by atoms with Crippen molar-refractivity contribution in [3.63, 3.8) is 0 Å². The Morgan fingerprint density at radius 2 is 2.17 bits per heavy atom. The first-order chi connectivity index (χ1) is 11.5. The van der Waals surface area contributed by atoms with Crippen LogP contribution < -0.4 is 16.4 Å². The van der Waals surface area contributed by atoms with E-state index < -0.39 is 0 Å². The highest BCUT2D eigenvalue weighted by Crippen LogP contribution is 2.18. The number of aromatic nitrogens is 1. The number of rotatable bonds is 5. The molecule has 24 heavy (non-hydrogen) atoms. The molecule has 1 aromatic rings. The largest absolute Gasteiger partial charge is 0.346 e. The summed E-state index contributed by atoms with van der Waals surface area (Å²) in [7, 11) is 0. The molecule has 1 aliphatic heterocycles. The number of piperidine rings is 1. The van der Waals surface area contributed by atoms with E-state index in [2.05, 4.69) is 15.6 Å². The minimum Gasteiger partial charge on any atom is -0.346 e. The third kappa shape index (κ3) is 5.02. The first-order valence-electron chi connectivity index (χ1n) is 7.97. The van der Waals surface area contributed by atoms with Crippen LogP contribution in [0.25, 0.3) is 0 Å². The van der Waals surface area contributed by atoms with Gasteiger partial charge in [-0.2, -0.15) is 0 Å². The van der Waals surface area contributed by atoms with E-state index in [1.165, 1.54) is 0 Å². The van der Waals surface area contributed by atoms with Crippen LogP contribution in [0.5, 0.6) is 0 Å². The van der Waals surface area contributed by atoms with Crippen molar-refractivity contribution in [1.82, 2.24) is 15.2 Å². The van der Waals surface area contributed by atoms with Gasteiger partial charge in [-0.3, -0.25) is 14.4 Å². The molecule has 0 aromatic carbocycles. The van der Waals surface area contributed by atoms with Crippen LogP contribution in [0.1, 0.15) is 18.4 Å². The maximum absolute atomic E-state index is 12.4. The van der Waals surface area contributed by atoms with Gasteiger partial charge in [-0.15, -0.1) is 0 Å². The second-order valence-electron chi connectivity index (χ2n) is 5.87. The van der Waals surface area contributed by atoms with Gasteiger partial charge in [0.15, 0.2) is 0 Å². The molecule has 8 nitrogen and oxygen atoms in total. The Kier molecular flexibility index (Phi) is 6.25. The molecule has 0 aliphatic carbocycles. The lowest BCUT2D eigenvalue weighted by Crippen LogP contribution is -2.48. The van der Waals surface area contributed by atoms with Crippen LogP contribution in [0.3, 0.4) is 0 Å². The van der Waals surface area contributed by atoms with E-state index >= 15 is 0 Å². The molecule has 0 radical (unpaired) electrons. The Bertz CT molecular complexity index is 602. The number of likely N-dealkylation sites (tertiary alicyclic amines) is 1. The van der Waals surface area contributed by atoms with Crippen molar-refractivity contribution in [2.24, 2.45) is 11.7 Å². The summed E-state index contributed by atoms with van der Waals surface area (Å²) < 4.78 is 0. The highest BCUT2D eigenvalue weighted by Gasteiger charge is 2.28. The zero-order valence-corrected chi connectivity index (χ0v) is 13.7. The van der Waals surface area contributed by atoms with Crippen molar-refractivity contribution in [3.05, 3.63) is 23.9 Å². The van der Waals surface area contributed by atoms with Gasteiger partial charge in [0.05, 0.1) is 19.0 Å². The molecule has 0 saturated carbocycles. The van der Waals surface area contributed by atoms with Crippen LogP contribution in [0.15, 0.2) is 18.3 Å². The van der Waals surface area contributed by atoms with E-state index in [9.17, 15) is 14.4 Å². The topological polar surface area (TPSA) is 117 Å². The van der Waals surface area contributed by atoms with E-state index in [1.54, 1.807) is 17.2 Å². The summed E-state index contributed by atoms with van der Waals surface area (Å²) in [5.74, 6) is -0.502. The van der Waals surface area contributed by atoms with Crippen molar-refractivity contribution in [2.45, 2.75) is 19.8 Å². The number of anilines is 1. The molecular formula is C16H23N5O3. The average molecular weight is 333 g/mol. The van der Waals surface area contributed by atoms with Gasteiger partial charge in [0.2, 0.25) is 17.7 Å². The zero-order chi connectivity index (χ0) is 17.5. The molecule has 1 atom stereocenters. The smallest absolute Gasteiger partial charge is 0.241 e. The van der Waals surface area contributed by atoms with Crippen molar-refractivity contribution in [2.75, 3.05) is 31.5 Å². The van der Waals surface area contributed by atoms with Crippen LogP contribution in [-0.2, 0) is 14.4 Å². The van der Waals surface area contributed by atoms with E-state index in [4.69, 9.17) is 5.73 Å². The second-order valence-corrected chi connectivity index (χ2v) is 5.87. The average Bonchev–Trinajstić information content (AvgIpc) is 2.61. The number of nitrogens with one attached hydrogen (secondary N) is 2. The lowest BCUT2D eigenvalue weighted by atomic mass is 9.97. The number of carbonyl (C=O) groups excluding carboxylic acids is 3. The second kappa shape index (κ2) is 8.39. The third-order valence-electron chi connectivity index (χ3n) is 3.93. The van der Waals surface area contributed by atoms with Gasteiger partial charge in [0.1, 0.15) is 5.82 Å². The summed E-state index contributed by atoms with van der Waals surface area (Å²) in [4.78, 5) is 41.3. The molecular weight excluding hydrogens is 310 g/mol. The SMILES string of the molecule is Cc1ccc(NC(=O)C2CCCN(C(=O)CNC(=O)CN)C2)nc1. The van der Waals surface area contributed by atoms with Gasteiger partial charge in [-0.25, -0.2) is 4.98 Å². The van der Waals surface area contributed by atoms with Crippen LogP contribution in [0.2, 0.25) is 0 Å². The van der Waals surface area contributed by atoms with Gasteiger partial charge in [-0.05, 0) is 31.4 Å². The number of nitrogens with two attached hydrogens (primary N) is 1. The van der Waals surface area contributed by atoms with E-state index in [0.717, 1.165) is 18.4 Å². The van der Waals surface area contributed by atoms with Crippen LogP contribution in [-0.4, -0.2) is 53.8 Å². The highest BCUT2D eigenvalue weighted by molar-refractivity contribution is 5.92. The molecule has 8 heteroatoms. The highest BCUT2D eigenvalue weighted by atomic mass is 16.2. The normalized spacial score (nSPS) is 17.2. The Labute approximate surface area is 140 Å². The fourth-order valence-corrected chi connectivity index (χ4v) is 2.55. The van der Waals surface area contributed by atoms with Crippen LogP contribution >= 0.6 is 0 Å². The third-order valence-corrected chi connectivity index (χ3v) is 3.93. The number of amides is 3. The van der Waals surface area contributed by atoms with Crippen molar-refractivity contribution in [3.8, 4) is 0 Å². The molecule has 0 spiro atoms. The molecule has 2 heterocycles. The summed E-state index contributed by atoms with van der Waals surface area (Å²) in [5.41, 5.74) is 6.20. The number of aryl methyl sites for hydroxylation is 1. The lowest BCUT2D eigenvalue weighted by molar-refractivity contribution is -0.135. The first-order valence-corrected chi connectivity index (χ1v) is 7.97. The number of carbonyl (C=O) groups is 3. The van der Waals surface area contributed by atoms with Crippen molar-refractivity contribution >= 4 is 23.5 Å². The van der Waals surface area contributed by atoms with Gasteiger partial charge in [-0.1, -0.05) is 6.07 Å². The van der Waals surface area contributed by atoms with Crippen molar-refractivity contribution < 1.29 is 14.4 Å². The van der Waals surface area contributed by atoms with Gasteiger partial charge in [0, 0.05) is 19.3 Å². The molecule has 0 bridgehead atoms. The Morgan fingerprint density at radius 3 is 2.83 bits per heavy atom. The molecule has 1 unspecified atom stereocenters. The maximum atomic E-state index is 12.4. The predicted octanol–water partition coefficient (Wildman–Crippen LogP) is -0.358. The molecule has 1 aromatic heterocycles. The summed E-state index contributed by atoms with van der Waals surface area (Å²) in [6, 6.07) is 3.63. The standard InChI is InChI=1S/C16H23N5O3/c1-11-4-5-13(18-8-11)20-16(24)12-3-2-6-21(10-12)15(23)9-19-14(22)7-17/h4-5,8,12H,2-3,6-7,9-10,17H2,1H3,(H,19,22)(H,18,20,24). The fraction of sp³-hybridized carbons (Fsp3) is 0.500. The quantitative estimate of drug-likeness (QED) is 0.680. The van der Waals surface area contributed by atoms with Gasteiger partial charge >= 0.3 is 0 Å². The minimum absolute atomic E-state index is 0.0934. The Morgan fingerprint density at radius 1 is 1.38 bits per heavy atom. The molecule has 1 saturated heterocycles. The monoisotopic (exact) mass is 333 g/mol. The lowest BCUT2D eigenvalue weighted by Gasteiger charge is -2.32. The molecule has 3 amide bonds. The molecule has 1 aliphatic rings. The number of hydrogen-bond donors (Lipinski definition) is 3. The Balaban J connectivity index is 1.87. The number of hydrogen-bond acceptors (Lipinski definition) is 5. The van der Waals surface area contributed by atoms with Gasteiger partial charge < -0.3 is 21.3 Å². The summed E-state index contributed by atoms with van der Waals surface area (Å²) in [6.07, 6.45) is 3.15. The first kappa shape index (κ1) is 17.9. The summed E-state index contributed by atoms with van der Waals surface area (Å²) in [5, 5.41) is 5.24. The summed E-state index contributed by atoms with van der Waals surface area (Å²) >= 11 is 0. The van der Waals surface area contributed by atoms with Crippen molar-refractivity contribution in [1.29, 1.82) is 0 Å². The van der Waals surface area contributed by atoms with Crippen LogP contribution in [0, 0.1) is 12.8 Å². The van der Waals surface area contributed by atoms with E-state index in [1.807, 2.05) is 13.0 Å². The zero-order valence-electron chi connectivity index (χ0n) is 13.7. The minimum atomic E-state index is -0.375. The molecule has 130 valence electrons. The predicted molar refractivity (Wildman–Crippen MR) is 89.0 cm³/mol. The molecule has 4 N–H and O–H groups in total.